The van der Waals surface area contributed by atoms with Crippen LogP contribution in [0.4, 0.5) is 28.7 Å². The minimum absolute atomic E-state index is 0.560. The Morgan fingerprint density at radius 1 is 0.778 bits per heavy atom. The van der Waals surface area contributed by atoms with Crippen molar-refractivity contribution in [3.63, 3.8) is 0 Å². The fourth-order valence-corrected chi connectivity index (χ4v) is 2.75. The Kier molecular flexibility index (Phi) is 4.65. The maximum atomic E-state index is 5.62. The molecule has 0 spiro atoms. The number of anilines is 5. The first-order valence-corrected chi connectivity index (χ1v) is 8.70. The average Bonchev–Trinajstić information content (AvgIpc) is 2.69. The number of hydrogen-bond acceptors (Lipinski definition) is 7. The van der Waals surface area contributed by atoms with Crippen molar-refractivity contribution in [2.75, 3.05) is 42.8 Å². The van der Waals surface area contributed by atoms with Gasteiger partial charge in [0.1, 0.15) is 31.2 Å². The zero-order chi connectivity index (χ0) is 18.6. The van der Waals surface area contributed by atoms with Gasteiger partial charge < -0.3 is 25.0 Å². The topological polar surface area (TPSA) is 71.5 Å². The summed E-state index contributed by atoms with van der Waals surface area (Å²) >= 11 is 0. The van der Waals surface area contributed by atoms with Crippen LogP contribution >= 0.6 is 0 Å². The van der Waals surface area contributed by atoms with E-state index in [1.165, 1.54) is 6.33 Å². The number of fused-ring (bicyclic) bond motifs is 1. The molecule has 3 aromatic rings. The molecule has 2 aromatic carbocycles. The van der Waals surface area contributed by atoms with Crippen LogP contribution in [0.2, 0.25) is 0 Å². The van der Waals surface area contributed by atoms with Crippen LogP contribution in [0.1, 0.15) is 0 Å². The molecule has 7 nitrogen and oxygen atoms in total. The number of rotatable bonds is 5. The molecule has 4 rings (SSSR count). The molecule has 0 unspecified atom stereocenters. The van der Waals surface area contributed by atoms with Gasteiger partial charge in [0, 0.05) is 43.3 Å². The zero-order valence-electron chi connectivity index (χ0n) is 15.3. The molecule has 0 atom stereocenters. The minimum Gasteiger partial charge on any atom is -0.486 e. The summed E-state index contributed by atoms with van der Waals surface area (Å²) < 4.78 is 11.2. The molecule has 0 saturated carbocycles. The minimum atomic E-state index is 0.560. The molecule has 0 aliphatic carbocycles. The molecule has 1 aliphatic rings. The molecule has 2 N–H and O–H groups in total. The summed E-state index contributed by atoms with van der Waals surface area (Å²) in [5.41, 5.74) is 2.98. The SMILES string of the molecule is CN(C)c1ccc(Nc2cc(Nc3ccc4c(c3)OCCO4)ncn2)cc1. The van der Waals surface area contributed by atoms with Crippen molar-refractivity contribution < 1.29 is 9.47 Å². The fourth-order valence-electron chi connectivity index (χ4n) is 2.75. The molecule has 0 amide bonds. The number of benzene rings is 2. The Hall–Kier alpha value is -3.48. The van der Waals surface area contributed by atoms with E-state index in [-0.39, 0.29) is 0 Å². The number of ether oxygens (including phenoxy) is 2. The predicted molar refractivity (Wildman–Crippen MR) is 107 cm³/mol. The third-order valence-corrected chi connectivity index (χ3v) is 4.14. The van der Waals surface area contributed by atoms with Crippen molar-refractivity contribution in [3.05, 3.63) is 54.9 Å². The Bertz CT molecular complexity index is 928. The highest BCUT2D eigenvalue weighted by molar-refractivity contribution is 5.66. The highest BCUT2D eigenvalue weighted by Gasteiger charge is 2.12. The van der Waals surface area contributed by atoms with Crippen LogP contribution in [0.15, 0.2) is 54.9 Å². The van der Waals surface area contributed by atoms with E-state index in [1.807, 2.05) is 50.5 Å². The summed E-state index contributed by atoms with van der Waals surface area (Å²) in [6.45, 7) is 1.14. The van der Waals surface area contributed by atoms with Gasteiger partial charge in [-0.1, -0.05) is 0 Å². The molecule has 138 valence electrons. The van der Waals surface area contributed by atoms with Crippen LogP contribution in [-0.2, 0) is 0 Å². The van der Waals surface area contributed by atoms with Crippen molar-refractivity contribution in [3.8, 4) is 11.5 Å². The van der Waals surface area contributed by atoms with E-state index in [0.29, 0.717) is 24.8 Å². The average molecular weight is 363 g/mol. The van der Waals surface area contributed by atoms with E-state index in [1.54, 1.807) is 0 Å². The fraction of sp³-hybridized carbons (Fsp3) is 0.200. The first-order chi connectivity index (χ1) is 13.2. The lowest BCUT2D eigenvalue weighted by atomic mass is 10.2. The Balaban J connectivity index is 1.47. The standard InChI is InChI=1S/C20H21N5O2/c1-25(2)16-6-3-14(4-7-16)23-19-12-20(22-13-21-19)24-15-5-8-17-18(11-15)27-10-9-26-17/h3-8,11-13H,9-10H2,1-2H3,(H2,21,22,23,24). The largest absolute Gasteiger partial charge is 0.486 e. The van der Waals surface area contributed by atoms with Crippen molar-refractivity contribution >= 4 is 28.7 Å². The first kappa shape index (κ1) is 17.0. The first-order valence-electron chi connectivity index (χ1n) is 8.70. The van der Waals surface area contributed by atoms with Gasteiger partial charge in [-0.25, -0.2) is 9.97 Å². The van der Waals surface area contributed by atoms with Crippen molar-refractivity contribution in [1.29, 1.82) is 0 Å². The van der Waals surface area contributed by atoms with Crippen LogP contribution in [0.5, 0.6) is 11.5 Å². The van der Waals surface area contributed by atoms with E-state index in [9.17, 15) is 0 Å². The molecule has 0 radical (unpaired) electrons. The van der Waals surface area contributed by atoms with E-state index >= 15 is 0 Å². The van der Waals surface area contributed by atoms with E-state index < -0.39 is 0 Å². The molecule has 0 bridgehead atoms. The highest BCUT2D eigenvalue weighted by Crippen LogP contribution is 2.33. The van der Waals surface area contributed by atoms with Crippen molar-refractivity contribution in [1.82, 2.24) is 9.97 Å². The molecule has 0 saturated heterocycles. The summed E-state index contributed by atoms with van der Waals surface area (Å²) in [6.07, 6.45) is 1.52. The van der Waals surface area contributed by atoms with Crippen LogP contribution in [-0.4, -0.2) is 37.3 Å². The summed E-state index contributed by atoms with van der Waals surface area (Å²) in [6, 6.07) is 15.7. The molecule has 7 heteroatoms. The summed E-state index contributed by atoms with van der Waals surface area (Å²) in [5, 5.41) is 6.56. The summed E-state index contributed by atoms with van der Waals surface area (Å²) in [5.74, 6) is 2.90. The van der Waals surface area contributed by atoms with Crippen molar-refractivity contribution in [2.45, 2.75) is 0 Å². The number of aromatic nitrogens is 2. The maximum Gasteiger partial charge on any atom is 0.163 e. The Morgan fingerprint density at radius 2 is 1.41 bits per heavy atom. The van der Waals surface area contributed by atoms with Gasteiger partial charge in [0.15, 0.2) is 11.5 Å². The molecule has 1 aromatic heterocycles. The van der Waals surface area contributed by atoms with E-state index in [0.717, 1.165) is 28.6 Å². The molecule has 1 aliphatic heterocycles. The van der Waals surface area contributed by atoms with E-state index in [2.05, 4.69) is 37.6 Å². The van der Waals surface area contributed by atoms with Crippen LogP contribution < -0.4 is 25.0 Å². The second-order valence-corrected chi connectivity index (χ2v) is 6.34. The molecule has 2 heterocycles. The molecule has 0 fully saturated rings. The van der Waals surface area contributed by atoms with Crippen LogP contribution in [0.3, 0.4) is 0 Å². The third-order valence-electron chi connectivity index (χ3n) is 4.14. The van der Waals surface area contributed by atoms with Gasteiger partial charge in [0.2, 0.25) is 0 Å². The molecular formula is C20H21N5O2. The number of nitrogens with one attached hydrogen (secondary N) is 2. The molecular weight excluding hydrogens is 342 g/mol. The van der Waals surface area contributed by atoms with Gasteiger partial charge in [-0.2, -0.15) is 0 Å². The number of nitrogens with zero attached hydrogens (tertiary/aromatic N) is 3. The zero-order valence-corrected chi connectivity index (χ0v) is 15.3. The second kappa shape index (κ2) is 7.41. The Morgan fingerprint density at radius 3 is 2.11 bits per heavy atom. The lowest BCUT2D eigenvalue weighted by Crippen LogP contribution is -2.15. The quantitative estimate of drug-likeness (QED) is 0.714. The highest BCUT2D eigenvalue weighted by atomic mass is 16.6. The van der Waals surface area contributed by atoms with Gasteiger partial charge in [-0.15, -0.1) is 0 Å². The smallest absolute Gasteiger partial charge is 0.163 e. The maximum absolute atomic E-state index is 5.62. The van der Waals surface area contributed by atoms with Crippen LogP contribution in [0.25, 0.3) is 0 Å². The summed E-state index contributed by atoms with van der Waals surface area (Å²) in [7, 11) is 4.03. The molecule has 27 heavy (non-hydrogen) atoms. The predicted octanol–water partition coefficient (Wildman–Crippen LogP) is 3.80. The lowest BCUT2D eigenvalue weighted by Gasteiger charge is -2.19. The lowest BCUT2D eigenvalue weighted by molar-refractivity contribution is 0.171. The van der Waals surface area contributed by atoms with Gasteiger partial charge in [0.05, 0.1) is 0 Å². The normalized spacial score (nSPS) is 12.4. The second-order valence-electron chi connectivity index (χ2n) is 6.34. The third kappa shape index (κ3) is 4.03. The van der Waals surface area contributed by atoms with Gasteiger partial charge in [-0.3, -0.25) is 0 Å². The van der Waals surface area contributed by atoms with Crippen LogP contribution in [0, 0.1) is 0 Å². The van der Waals surface area contributed by atoms with Gasteiger partial charge in [-0.05, 0) is 36.4 Å². The van der Waals surface area contributed by atoms with Gasteiger partial charge in [0.25, 0.3) is 0 Å². The number of hydrogen-bond donors (Lipinski definition) is 2. The van der Waals surface area contributed by atoms with Crippen molar-refractivity contribution in [2.24, 2.45) is 0 Å². The van der Waals surface area contributed by atoms with E-state index in [4.69, 9.17) is 9.47 Å². The monoisotopic (exact) mass is 363 g/mol. The van der Waals surface area contributed by atoms with Gasteiger partial charge >= 0.3 is 0 Å². The summed E-state index contributed by atoms with van der Waals surface area (Å²) in [4.78, 5) is 10.6. The Labute approximate surface area is 158 Å².